The largest absolute Gasteiger partial charge is 0 e. The van der Waals surface area contributed by atoms with E-state index in [9.17, 15) is 0 Å². The van der Waals surface area contributed by atoms with E-state index in [1.165, 1.54) is 0 Å². The van der Waals surface area contributed by atoms with E-state index < -0.39 is 0 Å². The van der Waals surface area contributed by atoms with Crippen LogP contribution in [-0.4, -0.2) is 100 Å². The van der Waals surface area contributed by atoms with E-state index >= 15 is 0 Å². The van der Waals surface area contributed by atoms with Crippen molar-refractivity contribution in [2.45, 2.75) is 0 Å². The van der Waals surface area contributed by atoms with E-state index in [1.54, 1.807) is 0 Å². The summed E-state index contributed by atoms with van der Waals surface area (Å²) in [5.74, 6) is 0. The summed E-state index contributed by atoms with van der Waals surface area (Å²) in [6, 6.07) is 0. The predicted molar refractivity (Wildman–Crippen MR) is 17.3 cm³/mol. The van der Waals surface area contributed by atoms with Crippen LogP contribution in [0.5, 0.6) is 0 Å². The Kier molecular flexibility index (Phi) is 98.6. The average molecular weight is 155 g/mol. The molecule has 0 fully saturated rings. The first-order valence-electron chi connectivity index (χ1n) is 0. The summed E-state index contributed by atoms with van der Waals surface area (Å²) in [6.07, 6.45) is 0. The molecule has 7 radical (unpaired) electrons. The molecule has 0 aromatic carbocycles. The Morgan fingerprint density at radius 2 is 1.00 bits per heavy atom. The predicted octanol–water partition coefficient (Wildman–Crippen LogP) is -1.14. The Bertz CT molecular complexity index is 8.00. The maximum absolute atomic E-state index is 0. The molecule has 0 amide bonds. The normalized spacial score (nSPS) is 0. The summed E-state index contributed by atoms with van der Waals surface area (Å²) < 4.78 is 0. The first kappa shape index (κ1) is 24.9. The van der Waals surface area contributed by atoms with Gasteiger partial charge in [0.2, 0.25) is 0 Å². The Labute approximate surface area is 118 Å². The summed E-state index contributed by atoms with van der Waals surface area (Å²) in [5.41, 5.74) is 0. The smallest absolute Gasteiger partial charge is 0 e. The van der Waals surface area contributed by atoms with Crippen LogP contribution >= 0.6 is 0 Å². The molecule has 0 saturated heterocycles. The van der Waals surface area contributed by atoms with Gasteiger partial charge in [-0.1, -0.05) is 0 Å². The van der Waals surface area contributed by atoms with Gasteiger partial charge in [0.15, 0.2) is 0 Å². The van der Waals surface area contributed by atoms with Gasteiger partial charge in [0.1, 0.15) is 0 Å². The number of hydrogen-bond donors (Lipinski definition) is 0. The molecular weight excluding hydrogens is 155 g/mol. The molecule has 0 N–H and O–H groups in total. The van der Waals surface area contributed by atoms with Gasteiger partial charge in [-0.05, 0) is 0 Å². The second-order valence-corrected chi connectivity index (χ2v) is 0. The Morgan fingerprint density at radius 3 is 1.00 bits per heavy atom. The standard InChI is InChI=1S/Ca.K.Si.Ti. The van der Waals surface area contributed by atoms with Crippen LogP contribution < -0.4 is 0 Å². The van der Waals surface area contributed by atoms with Crippen molar-refractivity contribution in [3.05, 3.63) is 0 Å². The second-order valence-electron chi connectivity index (χ2n) is 0. The van der Waals surface area contributed by atoms with Crippen LogP contribution in [0.1, 0.15) is 0 Å². The molecule has 0 heterocycles. The van der Waals surface area contributed by atoms with Gasteiger partial charge in [0, 0.05) is 122 Å². The molecule has 4 heavy (non-hydrogen) atoms. The van der Waals surface area contributed by atoms with Crippen LogP contribution in [0.25, 0.3) is 0 Å². The Morgan fingerprint density at radius 1 is 1.00 bits per heavy atom. The summed E-state index contributed by atoms with van der Waals surface area (Å²) >= 11 is 0. The molecule has 4 heteroatoms. The van der Waals surface area contributed by atoms with Gasteiger partial charge < -0.3 is 0 Å². The van der Waals surface area contributed by atoms with Gasteiger partial charge >= 0.3 is 0 Å². The van der Waals surface area contributed by atoms with Crippen LogP contribution in [0.3, 0.4) is 0 Å². The van der Waals surface area contributed by atoms with Crippen molar-refractivity contribution >= 4 is 100 Å². The number of rotatable bonds is 0. The van der Waals surface area contributed by atoms with Gasteiger partial charge in [0.25, 0.3) is 0 Å². The van der Waals surface area contributed by atoms with Crippen molar-refractivity contribution in [2.24, 2.45) is 0 Å². The maximum atomic E-state index is 0. The topological polar surface area (TPSA) is 0 Å². The zero-order valence-corrected chi connectivity index (χ0v) is 10.6. The summed E-state index contributed by atoms with van der Waals surface area (Å²) in [7, 11) is 0. The molecule has 0 aliphatic carbocycles. The average Bonchev–Trinajstić information content (AvgIpc) is 0. The molecule has 0 nitrogen and oxygen atoms in total. The third-order valence-electron chi connectivity index (χ3n) is 0. The maximum Gasteiger partial charge on any atom is 0 e. The van der Waals surface area contributed by atoms with Gasteiger partial charge in [-0.2, -0.15) is 0 Å². The molecule has 0 aromatic heterocycles. The van der Waals surface area contributed by atoms with Crippen molar-refractivity contribution in [3.63, 3.8) is 0 Å². The van der Waals surface area contributed by atoms with E-state index in [0.717, 1.165) is 0 Å². The number of hydrogen-bond acceptors (Lipinski definition) is 0. The summed E-state index contributed by atoms with van der Waals surface area (Å²) in [5, 5.41) is 0. The Hall–Kier alpha value is 3.83. The van der Waals surface area contributed by atoms with Crippen molar-refractivity contribution in [3.8, 4) is 0 Å². The fourth-order valence-corrected chi connectivity index (χ4v) is 0. The van der Waals surface area contributed by atoms with Crippen molar-refractivity contribution in [1.29, 1.82) is 0 Å². The van der Waals surface area contributed by atoms with E-state index in [0.29, 0.717) is 0 Å². The molecule has 0 unspecified atom stereocenters. The van der Waals surface area contributed by atoms with E-state index in [-0.39, 0.29) is 122 Å². The van der Waals surface area contributed by atoms with Gasteiger partial charge in [-0.25, -0.2) is 0 Å². The molecule has 0 saturated carbocycles. The van der Waals surface area contributed by atoms with Crippen molar-refractivity contribution in [2.75, 3.05) is 0 Å². The fraction of sp³-hybridized carbons (Fsp3) is 0. The molecule has 11 valence electrons. The molecule has 0 aliphatic heterocycles. The molecule has 0 spiro atoms. The van der Waals surface area contributed by atoms with Crippen LogP contribution in [0.15, 0.2) is 0 Å². The monoisotopic (exact) mass is 155 g/mol. The van der Waals surface area contributed by atoms with Crippen LogP contribution in [0, 0.1) is 0 Å². The van der Waals surface area contributed by atoms with Crippen LogP contribution in [0.2, 0.25) is 0 Å². The molecule has 0 aliphatic rings. The van der Waals surface area contributed by atoms with Gasteiger partial charge in [-0.15, -0.1) is 0 Å². The first-order chi connectivity index (χ1) is 0. The zero-order valence-electron chi connectivity index (χ0n) is 2.71. The minimum Gasteiger partial charge on any atom is 0 e. The van der Waals surface area contributed by atoms with E-state index in [1.807, 2.05) is 0 Å². The SMILES string of the molecule is [Ca].[K].[Si].[Ti]. The summed E-state index contributed by atoms with van der Waals surface area (Å²) in [4.78, 5) is 0. The molecule has 0 bridgehead atoms. The first-order valence-corrected chi connectivity index (χ1v) is 0. The van der Waals surface area contributed by atoms with E-state index in [2.05, 4.69) is 0 Å². The zero-order chi connectivity index (χ0) is 0. The van der Waals surface area contributed by atoms with Crippen molar-refractivity contribution in [1.82, 2.24) is 0 Å². The molecule has 0 atom stereocenters. The quantitative estimate of drug-likeness (QED) is 0.388. The summed E-state index contributed by atoms with van der Waals surface area (Å²) in [6.45, 7) is 0. The van der Waals surface area contributed by atoms with Gasteiger partial charge in [0.05, 0.1) is 0 Å². The van der Waals surface area contributed by atoms with Crippen LogP contribution in [0.4, 0.5) is 0 Å². The minimum atomic E-state index is 0. The minimum absolute atomic E-state index is 0. The third-order valence-corrected chi connectivity index (χ3v) is 0. The second kappa shape index (κ2) is 15.8. The molecular formula is CaKSiTi. The van der Waals surface area contributed by atoms with Crippen molar-refractivity contribution < 1.29 is 21.7 Å². The molecule has 0 rings (SSSR count). The van der Waals surface area contributed by atoms with E-state index in [4.69, 9.17) is 0 Å². The molecule has 0 aromatic rings. The fourth-order valence-electron chi connectivity index (χ4n) is 0. The van der Waals surface area contributed by atoms with Crippen LogP contribution in [-0.2, 0) is 21.7 Å². The van der Waals surface area contributed by atoms with Gasteiger partial charge in [-0.3, -0.25) is 0 Å². The third kappa shape index (κ3) is 9.27. The Balaban J connectivity index is 0.